The van der Waals surface area contributed by atoms with Gasteiger partial charge in [0.1, 0.15) is 6.04 Å². The molecule has 0 heterocycles. The Labute approximate surface area is 72.1 Å². The first kappa shape index (κ1) is 9.48. The van der Waals surface area contributed by atoms with Crippen molar-refractivity contribution in [3.8, 4) is 0 Å². The summed E-state index contributed by atoms with van der Waals surface area (Å²) in [7, 11) is 0. The number of aliphatic carboxylic acids is 1. The maximum atomic E-state index is 10.7. The highest BCUT2D eigenvalue weighted by atomic mass is 16.4. The van der Waals surface area contributed by atoms with Gasteiger partial charge in [-0.25, -0.2) is 0 Å². The summed E-state index contributed by atoms with van der Waals surface area (Å²) in [6.45, 7) is 0.566. The third-order valence-corrected chi connectivity index (χ3v) is 2.01. The van der Waals surface area contributed by atoms with Gasteiger partial charge >= 0.3 is 5.97 Å². The first-order valence-electron chi connectivity index (χ1n) is 4.43. The molecule has 1 aliphatic carbocycles. The molecule has 0 aromatic rings. The third kappa shape index (κ3) is 3.19. The SMILES string of the molecule is NCCCC(NC1CC1)C(=O)O. The molecular weight excluding hydrogens is 156 g/mol. The van der Waals surface area contributed by atoms with Crippen LogP contribution in [0.1, 0.15) is 25.7 Å². The molecule has 0 saturated heterocycles. The number of carbonyl (C=O) groups is 1. The molecule has 0 spiro atoms. The molecule has 1 saturated carbocycles. The van der Waals surface area contributed by atoms with Crippen LogP contribution in [0.5, 0.6) is 0 Å². The summed E-state index contributed by atoms with van der Waals surface area (Å²) in [5.41, 5.74) is 5.30. The standard InChI is InChI=1S/C8H16N2O2/c9-5-1-2-7(8(11)12)10-6-3-4-6/h6-7,10H,1-5,9H2,(H,11,12). The van der Waals surface area contributed by atoms with Crippen LogP contribution in [0.25, 0.3) is 0 Å². The first-order valence-corrected chi connectivity index (χ1v) is 4.43. The molecule has 0 radical (unpaired) electrons. The number of carboxylic acids is 1. The highest BCUT2D eigenvalue weighted by molar-refractivity contribution is 5.73. The molecule has 4 heteroatoms. The Morgan fingerprint density at radius 2 is 2.33 bits per heavy atom. The van der Waals surface area contributed by atoms with E-state index in [1.807, 2.05) is 0 Å². The van der Waals surface area contributed by atoms with Gasteiger partial charge in [0.05, 0.1) is 0 Å². The zero-order valence-corrected chi connectivity index (χ0v) is 7.12. The second-order valence-electron chi connectivity index (χ2n) is 3.26. The Bertz CT molecular complexity index is 157. The second-order valence-corrected chi connectivity index (χ2v) is 3.26. The summed E-state index contributed by atoms with van der Waals surface area (Å²) in [4.78, 5) is 10.7. The van der Waals surface area contributed by atoms with Gasteiger partial charge in [-0.1, -0.05) is 0 Å². The predicted molar refractivity (Wildman–Crippen MR) is 45.9 cm³/mol. The van der Waals surface area contributed by atoms with E-state index in [1.165, 1.54) is 0 Å². The first-order chi connectivity index (χ1) is 5.74. The van der Waals surface area contributed by atoms with Crippen LogP contribution in [0.4, 0.5) is 0 Å². The molecule has 1 aliphatic rings. The maximum Gasteiger partial charge on any atom is 0.320 e. The normalized spacial score (nSPS) is 19.1. The van der Waals surface area contributed by atoms with Gasteiger partial charge in [-0.2, -0.15) is 0 Å². The zero-order chi connectivity index (χ0) is 8.97. The molecule has 0 aliphatic heterocycles. The topological polar surface area (TPSA) is 75.3 Å². The van der Waals surface area contributed by atoms with E-state index in [9.17, 15) is 4.79 Å². The van der Waals surface area contributed by atoms with Crippen molar-refractivity contribution in [3.05, 3.63) is 0 Å². The number of carboxylic acid groups (broad SMARTS) is 1. The van der Waals surface area contributed by atoms with Crippen molar-refractivity contribution in [3.63, 3.8) is 0 Å². The fourth-order valence-electron chi connectivity index (χ4n) is 1.13. The van der Waals surface area contributed by atoms with Crippen LogP contribution in [-0.2, 0) is 4.79 Å². The van der Waals surface area contributed by atoms with Crippen molar-refractivity contribution in [2.75, 3.05) is 6.54 Å². The van der Waals surface area contributed by atoms with Gasteiger partial charge in [0.2, 0.25) is 0 Å². The molecule has 12 heavy (non-hydrogen) atoms. The van der Waals surface area contributed by atoms with Crippen LogP contribution in [0.15, 0.2) is 0 Å². The lowest BCUT2D eigenvalue weighted by Gasteiger charge is -2.12. The molecule has 1 rings (SSSR count). The van der Waals surface area contributed by atoms with Crippen LogP contribution < -0.4 is 11.1 Å². The minimum atomic E-state index is -0.754. The predicted octanol–water partition coefficient (Wildman–Crippen LogP) is -0.0695. The zero-order valence-electron chi connectivity index (χ0n) is 7.12. The lowest BCUT2D eigenvalue weighted by atomic mass is 10.1. The summed E-state index contributed by atoms with van der Waals surface area (Å²) in [5.74, 6) is -0.754. The minimum absolute atomic E-state index is 0.388. The van der Waals surface area contributed by atoms with E-state index in [0.717, 1.165) is 19.3 Å². The maximum absolute atomic E-state index is 10.7. The quantitative estimate of drug-likeness (QED) is 0.524. The van der Waals surface area contributed by atoms with Gasteiger partial charge in [-0.3, -0.25) is 4.79 Å². The van der Waals surface area contributed by atoms with Gasteiger partial charge in [0.15, 0.2) is 0 Å². The van der Waals surface area contributed by atoms with Crippen LogP contribution in [0, 0.1) is 0 Å². The monoisotopic (exact) mass is 172 g/mol. The van der Waals surface area contributed by atoms with Crippen molar-refractivity contribution < 1.29 is 9.90 Å². The van der Waals surface area contributed by atoms with Crippen molar-refractivity contribution in [1.82, 2.24) is 5.32 Å². The van der Waals surface area contributed by atoms with E-state index in [2.05, 4.69) is 5.32 Å². The Hall–Kier alpha value is -0.610. The molecule has 1 unspecified atom stereocenters. The summed E-state index contributed by atoms with van der Waals surface area (Å²) >= 11 is 0. The van der Waals surface area contributed by atoms with Crippen LogP contribution in [0.2, 0.25) is 0 Å². The molecule has 4 nitrogen and oxygen atoms in total. The lowest BCUT2D eigenvalue weighted by Crippen LogP contribution is -2.38. The molecule has 4 N–H and O–H groups in total. The van der Waals surface area contributed by atoms with Gasteiger partial charge in [0, 0.05) is 6.04 Å². The average molecular weight is 172 g/mol. The van der Waals surface area contributed by atoms with Crippen molar-refractivity contribution in [2.45, 2.75) is 37.8 Å². The lowest BCUT2D eigenvalue weighted by molar-refractivity contribution is -0.139. The van der Waals surface area contributed by atoms with Gasteiger partial charge in [-0.15, -0.1) is 0 Å². The summed E-state index contributed by atoms with van der Waals surface area (Å²) in [6.07, 6.45) is 3.65. The summed E-state index contributed by atoms with van der Waals surface area (Å²) < 4.78 is 0. The highest BCUT2D eigenvalue weighted by Gasteiger charge is 2.27. The average Bonchev–Trinajstić information content (AvgIpc) is 2.80. The van der Waals surface area contributed by atoms with Crippen molar-refractivity contribution in [1.29, 1.82) is 0 Å². The Morgan fingerprint density at radius 3 is 2.75 bits per heavy atom. The largest absolute Gasteiger partial charge is 0.480 e. The third-order valence-electron chi connectivity index (χ3n) is 2.01. The fraction of sp³-hybridized carbons (Fsp3) is 0.875. The molecule has 0 bridgehead atoms. The highest BCUT2D eigenvalue weighted by Crippen LogP contribution is 2.20. The molecule has 0 aromatic carbocycles. The van der Waals surface area contributed by atoms with E-state index in [-0.39, 0.29) is 6.04 Å². The number of hydrogen-bond donors (Lipinski definition) is 3. The van der Waals surface area contributed by atoms with Crippen LogP contribution in [0.3, 0.4) is 0 Å². The number of nitrogens with one attached hydrogen (secondary N) is 1. The molecule has 1 fully saturated rings. The summed E-state index contributed by atoms with van der Waals surface area (Å²) in [5, 5.41) is 11.8. The number of rotatable bonds is 6. The number of nitrogens with two attached hydrogens (primary N) is 1. The minimum Gasteiger partial charge on any atom is -0.480 e. The fourth-order valence-corrected chi connectivity index (χ4v) is 1.13. The van der Waals surface area contributed by atoms with E-state index >= 15 is 0 Å². The van der Waals surface area contributed by atoms with E-state index in [1.54, 1.807) is 0 Å². The van der Waals surface area contributed by atoms with Gasteiger partial charge in [0.25, 0.3) is 0 Å². The van der Waals surface area contributed by atoms with Crippen molar-refractivity contribution in [2.24, 2.45) is 5.73 Å². The summed E-state index contributed by atoms with van der Waals surface area (Å²) in [6, 6.07) is 0.0601. The smallest absolute Gasteiger partial charge is 0.320 e. The van der Waals surface area contributed by atoms with Crippen molar-refractivity contribution >= 4 is 5.97 Å². The van der Waals surface area contributed by atoms with Gasteiger partial charge in [-0.05, 0) is 32.2 Å². The number of hydrogen-bond acceptors (Lipinski definition) is 3. The second kappa shape index (κ2) is 4.42. The Balaban J connectivity index is 2.21. The molecule has 0 amide bonds. The van der Waals surface area contributed by atoms with Crippen LogP contribution in [-0.4, -0.2) is 29.7 Å². The van der Waals surface area contributed by atoms with E-state index in [4.69, 9.17) is 10.8 Å². The molecule has 1 atom stereocenters. The van der Waals surface area contributed by atoms with E-state index < -0.39 is 5.97 Å². The molecule has 0 aromatic heterocycles. The Kier molecular flexibility index (Phi) is 3.49. The van der Waals surface area contributed by atoms with Gasteiger partial charge < -0.3 is 16.2 Å². The van der Waals surface area contributed by atoms with E-state index in [0.29, 0.717) is 19.0 Å². The Morgan fingerprint density at radius 1 is 1.67 bits per heavy atom. The molecular formula is C8H16N2O2. The molecule has 70 valence electrons. The van der Waals surface area contributed by atoms with Crippen LogP contribution >= 0.6 is 0 Å².